The van der Waals surface area contributed by atoms with Gasteiger partial charge in [-0.25, -0.2) is 19.7 Å². The number of aromatic carboxylic acids is 1. The van der Waals surface area contributed by atoms with E-state index in [4.69, 9.17) is 5.11 Å². The lowest BCUT2D eigenvalue weighted by atomic mass is 10.3. The third-order valence-electron chi connectivity index (χ3n) is 2.41. The zero-order valence-electron chi connectivity index (χ0n) is 9.48. The van der Waals surface area contributed by atoms with E-state index in [1.807, 2.05) is 11.4 Å². The molecule has 0 saturated carbocycles. The van der Waals surface area contributed by atoms with Crippen molar-refractivity contribution in [2.24, 2.45) is 0 Å². The third kappa shape index (κ3) is 2.42. The number of hydrogen-bond donors (Lipinski definition) is 1. The Labute approximate surface area is 116 Å². The van der Waals surface area contributed by atoms with Gasteiger partial charge in [-0.2, -0.15) is 0 Å². The molecule has 19 heavy (non-hydrogen) atoms. The molecular weight excluding hydrogens is 282 g/mol. The molecule has 0 unspecified atom stereocenters. The molecule has 3 aromatic heterocycles. The molecule has 0 aliphatic heterocycles. The summed E-state index contributed by atoms with van der Waals surface area (Å²) in [6.07, 6.45) is 2.99. The highest BCUT2D eigenvalue weighted by molar-refractivity contribution is 7.99. The minimum Gasteiger partial charge on any atom is -0.478 e. The summed E-state index contributed by atoms with van der Waals surface area (Å²) in [5.41, 5.74) is 0.216. The van der Waals surface area contributed by atoms with Gasteiger partial charge in [-0.1, -0.05) is 0 Å². The second kappa shape index (κ2) is 4.94. The maximum atomic E-state index is 10.9. The SMILES string of the molecule is O=C(O)c1ccnc(Sc2ncnc3sccc23)c1. The zero-order chi connectivity index (χ0) is 13.2. The van der Waals surface area contributed by atoms with Gasteiger partial charge < -0.3 is 5.11 Å². The Balaban J connectivity index is 1.99. The second-order valence-electron chi connectivity index (χ2n) is 3.61. The van der Waals surface area contributed by atoms with Crippen molar-refractivity contribution in [1.29, 1.82) is 0 Å². The summed E-state index contributed by atoms with van der Waals surface area (Å²) in [4.78, 5) is 24.4. The number of carboxylic acid groups (broad SMARTS) is 1. The first-order chi connectivity index (χ1) is 9.24. The Morgan fingerprint density at radius 3 is 3.00 bits per heavy atom. The van der Waals surface area contributed by atoms with Crippen LogP contribution in [0.5, 0.6) is 0 Å². The molecule has 0 spiro atoms. The van der Waals surface area contributed by atoms with Crippen molar-refractivity contribution in [2.75, 3.05) is 0 Å². The molecule has 1 N–H and O–H groups in total. The number of carbonyl (C=O) groups is 1. The monoisotopic (exact) mass is 289 g/mol. The van der Waals surface area contributed by atoms with Crippen molar-refractivity contribution in [3.05, 3.63) is 41.7 Å². The Morgan fingerprint density at radius 1 is 1.26 bits per heavy atom. The Morgan fingerprint density at radius 2 is 2.16 bits per heavy atom. The van der Waals surface area contributed by atoms with Crippen LogP contribution in [0.1, 0.15) is 10.4 Å². The molecule has 94 valence electrons. The Kier molecular flexibility index (Phi) is 3.14. The van der Waals surface area contributed by atoms with E-state index >= 15 is 0 Å². The highest BCUT2D eigenvalue weighted by Crippen LogP contribution is 2.31. The van der Waals surface area contributed by atoms with Crippen molar-refractivity contribution in [2.45, 2.75) is 10.1 Å². The molecule has 3 aromatic rings. The van der Waals surface area contributed by atoms with Gasteiger partial charge in [0.15, 0.2) is 0 Å². The van der Waals surface area contributed by atoms with Crippen LogP contribution in [0, 0.1) is 0 Å². The van der Waals surface area contributed by atoms with Crippen molar-refractivity contribution >= 4 is 39.3 Å². The van der Waals surface area contributed by atoms with E-state index in [-0.39, 0.29) is 5.56 Å². The normalized spacial score (nSPS) is 10.7. The Hall–Kier alpha value is -1.99. The molecule has 3 rings (SSSR count). The largest absolute Gasteiger partial charge is 0.478 e. The van der Waals surface area contributed by atoms with Gasteiger partial charge in [0.2, 0.25) is 0 Å². The molecule has 0 saturated heterocycles. The van der Waals surface area contributed by atoms with E-state index in [0.29, 0.717) is 5.03 Å². The molecule has 0 radical (unpaired) electrons. The molecule has 0 aliphatic rings. The van der Waals surface area contributed by atoms with Gasteiger partial charge in [0.1, 0.15) is 21.2 Å². The average molecular weight is 289 g/mol. The molecule has 0 amide bonds. The molecule has 0 aliphatic carbocycles. The van der Waals surface area contributed by atoms with Crippen LogP contribution < -0.4 is 0 Å². The molecule has 0 atom stereocenters. The van der Waals surface area contributed by atoms with Crippen molar-refractivity contribution in [1.82, 2.24) is 15.0 Å². The lowest BCUT2D eigenvalue weighted by Crippen LogP contribution is -1.96. The zero-order valence-corrected chi connectivity index (χ0v) is 11.1. The molecule has 0 fully saturated rings. The number of aromatic nitrogens is 3. The summed E-state index contributed by atoms with van der Waals surface area (Å²) in [7, 11) is 0. The molecule has 5 nitrogen and oxygen atoms in total. The van der Waals surface area contributed by atoms with E-state index in [2.05, 4.69) is 15.0 Å². The van der Waals surface area contributed by atoms with Gasteiger partial charge in [0.05, 0.1) is 5.56 Å². The number of pyridine rings is 1. The fourth-order valence-electron chi connectivity index (χ4n) is 1.55. The number of thiophene rings is 1. The molecule has 0 bridgehead atoms. The van der Waals surface area contributed by atoms with E-state index in [1.165, 1.54) is 36.4 Å². The molecule has 7 heteroatoms. The van der Waals surface area contributed by atoms with Crippen LogP contribution >= 0.6 is 23.1 Å². The van der Waals surface area contributed by atoms with Crippen molar-refractivity contribution in [3.8, 4) is 0 Å². The van der Waals surface area contributed by atoms with Gasteiger partial charge in [-0.3, -0.25) is 0 Å². The number of fused-ring (bicyclic) bond motifs is 1. The first-order valence-electron chi connectivity index (χ1n) is 5.29. The van der Waals surface area contributed by atoms with Crippen LogP contribution in [0.2, 0.25) is 0 Å². The van der Waals surface area contributed by atoms with Crippen LogP contribution in [0.4, 0.5) is 0 Å². The van der Waals surface area contributed by atoms with Gasteiger partial charge in [-0.05, 0) is 35.3 Å². The highest BCUT2D eigenvalue weighted by Gasteiger charge is 2.09. The lowest BCUT2D eigenvalue weighted by Gasteiger charge is -2.02. The maximum absolute atomic E-state index is 10.9. The smallest absolute Gasteiger partial charge is 0.335 e. The second-order valence-corrected chi connectivity index (χ2v) is 5.51. The molecule has 0 aromatic carbocycles. The minimum atomic E-state index is -0.965. The fourth-order valence-corrected chi connectivity index (χ4v) is 3.22. The van der Waals surface area contributed by atoms with Gasteiger partial charge in [0, 0.05) is 11.6 Å². The molecular formula is C12H7N3O2S2. The summed E-state index contributed by atoms with van der Waals surface area (Å²) in [5, 5.41) is 13.2. The predicted octanol–water partition coefficient (Wildman–Crippen LogP) is 2.94. The maximum Gasteiger partial charge on any atom is 0.335 e. The minimum absolute atomic E-state index is 0.216. The van der Waals surface area contributed by atoms with Crippen molar-refractivity contribution in [3.63, 3.8) is 0 Å². The number of carboxylic acids is 1. The lowest BCUT2D eigenvalue weighted by molar-refractivity contribution is 0.0696. The third-order valence-corrected chi connectivity index (χ3v) is 4.18. The van der Waals surface area contributed by atoms with Crippen LogP contribution in [-0.2, 0) is 0 Å². The predicted molar refractivity (Wildman–Crippen MR) is 72.7 cm³/mol. The fraction of sp³-hybridized carbons (Fsp3) is 0. The number of rotatable bonds is 3. The quantitative estimate of drug-likeness (QED) is 0.747. The topological polar surface area (TPSA) is 76.0 Å². The van der Waals surface area contributed by atoms with Crippen LogP contribution in [-0.4, -0.2) is 26.0 Å². The van der Waals surface area contributed by atoms with Gasteiger partial charge in [-0.15, -0.1) is 11.3 Å². The van der Waals surface area contributed by atoms with Gasteiger partial charge in [0.25, 0.3) is 0 Å². The van der Waals surface area contributed by atoms with E-state index < -0.39 is 5.97 Å². The summed E-state index contributed by atoms with van der Waals surface area (Å²) < 4.78 is 0. The van der Waals surface area contributed by atoms with Crippen LogP contribution in [0.15, 0.2) is 46.2 Å². The number of nitrogens with zero attached hydrogens (tertiary/aromatic N) is 3. The standard InChI is InChI=1S/C12H7N3O2S2/c16-12(17)7-1-3-13-9(5-7)19-11-8-2-4-18-10(8)14-6-15-11/h1-6H,(H,16,17). The number of hydrogen-bond acceptors (Lipinski definition) is 6. The summed E-state index contributed by atoms with van der Waals surface area (Å²) in [5.74, 6) is -0.965. The van der Waals surface area contributed by atoms with E-state index in [1.54, 1.807) is 11.3 Å². The summed E-state index contributed by atoms with van der Waals surface area (Å²) in [6, 6.07) is 4.95. The molecule has 3 heterocycles. The van der Waals surface area contributed by atoms with Crippen molar-refractivity contribution < 1.29 is 9.90 Å². The van der Waals surface area contributed by atoms with E-state index in [0.717, 1.165) is 15.2 Å². The average Bonchev–Trinajstić information content (AvgIpc) is 2.88. The van der Waals surface area contributed by atoms with E-state index in [9.17, 15) is 4.79 Å². The van der Waals surface area contributed by atoms with Crippen LogP contribution in [0.25, 0.3) is 10.2 Å². The Bertz CT molecular complexity index is 757. The summed E-state index contributed by atoms with van der Waals surface area (Å²) in [6.45, 7) is 0. The van der Waals surface area contributed by atoms with Gasteiger partial charge >= 0.3 is 5.97 Å². The highest BCUT2D eigenvalue weighted by atomic mass is 32.2. The first kappa shape index (κ1) is 12.1. The first-order valence-corrected chi connectivity index (χ1v) is 6.99. The van der Waals surface area contributed by atoms with Crippen LogP contribution in [0.3, 0.4) is 0 Å². The summed E-state index contributed by atoms with van der Waals surface area (Å²) >= 11 is 2.88.